The van der Waals surface area contributed by atoms with Crippen LogP contribution in [0.25, 0.3) is 0 Å². The van der Waals surface area contributed by atoms with Gasteiger partial charge in [0, 0.05) is 6.54 Å². The van der Waals surface area contributed by atoms with E-state index in [4.69, 9.17) is 0 Å². The molecule has 88 valence electrons. The van der Waals surface area contributed by atoms with E-state index < -0.39 is 0 Å². The molecular weight excluding hydrogens is 182 g/mol. The molecule has 0 saturated carbocycles. The summed E-state index contributed by atoms with van der Waals surface area (Å²) in [6.45, 7) is 9.07. The molecule has 0 aromatic carbocycles. The Labute approximate surface area is 95.9 Å². The molecule has 0 aromatic heterocycles. The van der Waals surface area contributed by atoms with Crippen LogP contribution in [0.1, 0.15) is 46.5 Å². The second-order valence-corrected chi connectivity index (χ2v) is 4.46. The Morgan fingerprint density at radius 2 is 2.13 bits per heavy atom. The molecule has 0 fully saturated rings. The van der Waals surface area contributed by atoms with Crippen LogP contribution in [-0.4, -0.2) is 25.0 Å². The van der Waals surface area contributed by atoms with Crippen LogP contribution in [0.4, 0.5) is 0 Å². The molecule has 0 spiro atoms. The summed E-state index contributed by atoms with van der Waals surface area (Å²) in [5.41, 5.74) is 3.13. The van der Waals surface area contributed by atoms with Crippen molar-refractivity contribution in [2.24, 2.45) is 5.92 Å². The maximum Gasteiger partial charge on any atom is 0.000408 e. The number of hydrogen-bond donors (Lipinski definition) is 0. The molecule has 1 unspecified atom stereocenters. The van der Waals surface area contributed by atoms with Crippen molar-refractivity contribution in [1.82, 2.24) is 4.90 Å². The molecule has 0 N–H and O–H groups in total. The van der Waals surface area contributed by atoms with Crippen molar-refractivity contribution in [3.63, 3.8) is 0 Å². The lowest BCUT2D eigenvalue weighted by Crippen LogP contribution is -2.25. The van der Waals surface area contributed by atoms with Crippen LogP contribution in [0.3, 0.4) is 0 Å². The summed E-state index contributed by atoms with van der Waals surface area (Å²) in [7, 11) is 2.23. The second kappa shape index (κ2) is 10.0. The Morgan fingerprint density at radius 3 is 2.73 bits per heavy atom. The second-order valence-electron chi connectivity index (χ2n) is 4.46. The molecule has 0 heterocycles. The van der Waals surface area contributed by atoms with E-state index in [2.05, 4.69) is 37.6 Å². The van der Waals surface area contributed by atoms with Gasteiger partial charge in [0.25, 0.3) is 0 Å². The van der Waals surface area contributed by atoms with Gasteiger partial charge in [-0.1, -0.05) is 20.3 Å². The van der Waals surface area contributed by atoms with Gasteiger partial charge in [0.15, 0.2) is 0 Å². The lowest BCUT2D eigenvalue weighted by Gasteiger charge is -2.20. The van der Waals surface area contributed by atoms with Crippen LogP contribution in [0.2, 0.25) is 0 Å². The van der Waals surface area contributed by atoms with Crippen LogP contribution in [0.15, 0.2) is 17.9 Å². The quantitative estimate of drug-likeness (QED) is 0.549. The van der Waals surface area contributed by atoms with E-state index >= 15 is 0 Å². The van der Waals surface area contributed by atoms with Gasteiger partial charge in [0.2, 0.25) is 0 Å². The first kappa shape index (κ1) is 14.5. The molecule has 1 heteroatoms. The zero-order valence-electron chi connectivity index (χ0n) is 10.9. The van der Waals surface area contributed by atoms with Crippen molar-refractivity contribution < 1.29 is 0 Å². The summed E-state index contributed by atoms with van der Waals surface area (Å²) in [6.07, 6.45) is 9.16. The van der Waals surface area contributed by atoms with Crippen molar-refractivity contribution in [1.29, 1.82) is 0 Å². The number of allylic oxidation sites excluding steroid dienone is 1. The first-order valence-corrected chi connectivity index (χ1v) is 6.24. The largest absolute Gasteiger partial charge is 0.306 e. The van der Waals surface area contributed by atoms with Gasteiger partial charge < -0.3 is 4.90 Å². The first-order valence-electron chi connectivity index (χ1n) is 6.24. The lowest BCUT2D eigenvalue weighted by molar-refractivity contribution is 0.275. The number of hydrogen-bond acceptors (Lipinski definition) is 1. The molecule has 0 aliphatic heterocycles. The Kier molecular flexibility index (Phi) is 9.67. The maximum absolute atomic E-state index is 3.13. The molecule has 0 aliphatic carbocycles. The van der Waals surface area contributed by atoms with Crippen molar-refractivity contribution in [2.45, 2.75) is 46.5 Å². The maximum atomic E-state index is 3.13. The van der Waals surface area contributed by atoms with Crippen molar-refractivity contribution in [3.05, 3.63) is 17.9 Å². The van der Waals surface area contributed by atoms with Crippen LogP contribution in [0, 0.1) is 5.92 Å². The Balaban J connectivity index is 3.54. The van der Waals surface area contributed by atoms with E-state index in [0.717, 1.165) is 12.3 Å². The van der Waals surface area contributed by atoms with Gasteiger partial charge in [-0.15, -0.1) is 5.73 Å². The lowest BCUT2D eigenvalue weighted by atomic mass is 10.1. The van der Waals surface area contributed by atoms with Gasteiger partial charge >= 0.3 is 0 Å². The summed E-state index contributed by atoms with van der Waals surface area (Å²) in [6, 6.07) is 0. The Morgan fingerprint density at radius 1 is 1.40 bits per heavy atom. The summed E-state index contributed by atoms with van der Waals surface area (Å²) in [5, 5.41) is 0. The van der Waals surface area contributed by atoms with E-state index in [1.807, 2.05) is 13.0 Å². The minimum atomic E-state index is 0.793. The highest BCUT2D eigenvalue weighted by atomic mass is 15.1. The number of rotatable bonds is 8. The molecule has 0 aromatic rings. The van der Waals surface area contributed by atoms with Crippen molar-refractivity contribution in [2.75, 3.05) is 20.1 Å². The van der Waals surface area contributed by atoms with Gasteiger partial charge in [0.1, 0.15) is 0 Å². The van der Waals surface area contributed by atoms with Gasteiger partial charge in [-0.05, 0) is 57.8 Å². The van der Waals surface area contributed by atoms with E-state index in [1.165, 1.54) is 32.4 Å². The molecule has 0 saturated heterocycles. The summed E-state index contributed by atoms with van der Waals surface area (Å²) in [5.74, 6) is 0.793. The summed E-state index contributed by atoms with van der Waals surface area (Å²) >= 11 is 0. The van der Waals surface area contributed by atoms with Crippen LogP contribution in [0.5, 0.6) is 0 Å². The summed E-state index contributed by atoms with van der Waals surface area (Å²) < 4.78 is 0. The Hall–Kier alpha value is -0.520. The Bertz CT molecular complexity index is 190. The van der Waals surface area contributed by atoms with E-state index in [9.17, 15) is 0 Å². The third-order valence-electron chi connectivity index (χ3n) is 2.61. The van der Waals surface area contributed by atoms with Gasteiger partial charge in [-0.2, -0.15) is 0 Å². The molecular formula is C14H27N. The van der Waals surface area contributed by atoms with E-state index in [0.29, 0.717) is 0 Å². The molecule has 0 bridgehead atoms. The van der Waals surface area contributed by atoms with Gasteiger partial charge in [-0.25, -0.2) is 0 Å². The molecule has 0 aliphatic rings. The fourth-order valence-corrected chi connectivity index (χ4v) is 1.71. The third-order valence-corrected chi connectivity index (χ3v) is 2.61. The van der Waals surface area contributed by atoms with Gasteiger partial charge in [0.05, 0.1) is 0 Å². The smallest absolute Gasteiger partial charge is 0.000408 e. The average molecular weight is 209 g/mol. The molecule has 0 radical (unpaired) electrons. The molecule has 15 heavy (non-hydrogen) atoms. The number of nitrogens with zero attached hydrogens (tertiary/aromatic N) is 1. The van der Waals surface area contributed by atoms with Crippen LogP contribution < -0.4 is 0 Å². The van der Waals surface area contributed by atoms with Crippen molar-refractivity contribution >= 4 is 0 Å². The zero-order chi connectivity index (χ0) is 11.5. The highest BCUT2D eigenvalue weighted by Gasteiger charge is 2.04. The van der Waals surface area contributed by atoms with Crippen LogP contribution in [-0.2, 0) is 0 Å². The monoisotopic (exact) mass is 209 g/mol. The van der Waals surface area contributed by atoms with Crippen LogP contribution >= 0.6 is 0 Å². The minimum absolute atomic E-state index is 0.793. The number of unbranched alkanes of at least 4 members (excludes halogenated alkanes) is 1. The van der Waals surface area contributed by atoms with Gasteiger partial charge in [-0.3, -0.25) is 0 Å². The molecule has 1 nitrogen and oxygen atoms in total. The highest BCUT2D eigenvalue weighted by Crippen LogP contribution is 2.07. The average Bonchev–Trinajstić information content (AvgIpc) is 2.21. The molecule has 1 atom stereocenters. The fourth-order valence-electron chi connectivity index (χ4n) is 1.71. The minimum Gasteiger partial charge on any atom is -0.306 e. The normalized spacial score (nSPS) is 12.3. The molecule has 0 rings (SSSR count). The fraction of sp³-hybridized carbons (Fsp3) is 0.786. The standard InChI is InChI=1S/C14H27N/c1-5-7-9-10-11-14(3)13-15(4)12-8-6-2/h5,9,14H,6,8,10-13H2,1-4H3. The third kappa shape index (κ3) is 9.78. The predicted molar refractivity (Wildman–Crippen MR) is 69.1 cm³/mol. The predicted octanol–water partition coefficient (Wildman–Crippen LogP) is 3.87. The SMILES string of the molecule is CC=C=CCCC(C)CN(C)CCCC. The van der Waals surface area contributed by atoms with Crippen molar-refractivity contribution in [3.8, 4) is 0 Å². The topological polar surface area (TPSA) is 3.24 Å². The molecule has 0 amide bonds. The first-order chi connectivity index (χ1) is 7.20. The summed E-state index contributed by atoms with van der Waals surface area (Å²) in [4.78, 5) is 2.45. The van der Waals surface area contributed by atoms with E-state index in [1.54, 1.807) is 0 Å². The van der Waals surface area contributed by atoms with E-state index in [-0.39, 0.29) is 0 Å². The highest BCUT2D eigenvalue weighted by molar-refractivity contribution is 4.82. The zero-order valence-corrected chi connectivity index (χ0v) is 10.9.